The van der Waals surface area contributed by atoms with E-state index in [9.17, 15) is 0 Å². The summed E-state index contributed by atoms with van der Waals surface area (Å²) in [6.07, 6.45) is 16.3. The largest absolute Gasteiger partial charge is 0.385 e. The summed E-state index contributed by atoms with van der Waals surface area (Å²) < 4.78 is 0. The molecule has 0 bridgehead atoms. The summed E-state index contributed by atoms with van der Waals surface area (Å²) in [6, 6.07) is 0. The van der Waals surface area contributed by atoms with Gasteiger partial charge in [0.25, 0.3) is 0 Å². The molecule has 0 saturated carbocycles. The van der Waals surface area contributed by atoms with Crippen LogP contribution in [0.25, 0.3) is 0 Å². The number of azo groups is 1. The van der Waals surface area contributed by atoms with Crippen LogP contribution in [0.4, 0.5) is 0 Å². The molecule has 2 aliphatic carbocycles. The lowest BCUT2D eigenvalue weighted by Crippen LogP contribution is -2.40. The Labute approximate surface area is 156 Å². The second kappa shape index (κ2) is 8.25. The van der Waals surface area contributed by atoms with E-state index in [0.717, 1.165) is 37.1 Å². The normalized spacial score (nSPS) is 19.7. The first kappa shape index (κ1) is 19.8. The van der Waals surface area contributed by atoms with E-state index in [-0.39, 0.29) is 0 Å². The molecule has 0 atom stereocenters. The van der Waals surface area contributed by atoms with E-state index in [1.54, 1.807) is 0 Å². The van der Waals surface area contributed by atoms with E-state index in [0.29, 0.717) is 11.7 Å². The Morgan fingerprint density at radius 3 is 1.42 bits per heavy atom. The molecule has 0 radical (unpaired) electrons. The van der Waals surface area contributed by atoms with Gasteiger partial charge in [-0.15, -0.1) is 0 Å². The Morgan fingerprint density at radius 1 is 0.731 bits per heavy atom. The molecule has 0 fully saturated rings. The molecule has 140 valence electrons. The summed E-state index contributed by atoms with van der Waals surface area (Å²) in [4.78, 5) is 8.96. The summed E-state index contributed by atoms with van der Waals surface area (Å²) in [5.41, 5.74) is 12.6. The molecular weight excluding hydrogens is 324 g/mol. The van der Waals surface area contributed by atoms with Gasteiger partial charge in [0.2, 0.25) is 0 Å². The van der Waals surface area contributed by atoms with Crippen molar-refractivity contribution >= 4 is 11.7 Å². The van der Waals surface area contributed by atoms with Crippen molar-refractivity contribution in [1.82, 2.24) is 0 Å². The van der Waals surface area contributed by atoms with Gasteiger partial charge >= 0.3 is 0 Å². The molecule has 0 heterocycles. The van der Waals surface area contributed by atoms with Crippen molar-refractivity contribution in [3.8, 4) is 0 Å². The Hall–Kier alpha value is -2.50. The van der Waals surface area contributed by atoms with Gasteiger partial charge in [0.15, 0.2) is 0 Å². The first-order chi connectivity index (χ1) is 12.2. The fourth-order valence-electron chi connectivity index (χ4n) is 2.27. The molecule has 0 spiro atoms. The predicted octanol–water partition coefficient (Wildman–Crippen LogP) is 4.18. The molecule has 2 rings (SSSR count). The van der Waals surface area contributed by atoms with Crippen LogP contribution >= 0.6 is 0 Å². The first-order valence-corrected chi connectivity index (χ1v) is 9.07. The number of aliphatic imine (C=N–C) groups is 2. The number of nitrogens with zero attached hydrogens (tertiary/aromatic N) is 4. The van der Waals surface area contributed by atoms with E-state index in [1.165, 1.54) is 0 Å². The fourth-order valence-corrected chi connectivity index (χ4v) is 2.27. The molecule has 6 nitrogen and oxygen atoms in total. The number of allylic oxidation sites excluding steroid dienone is 6. The third-order valence-electron chi connectivity index (χ3n) is 4.25. The van der Waals surface area contributed by atoms with Gasteiger partial charge in [-0.05, 0) is 65.5 Å². The summed E-state index contributed by atoms with van der Waals surface area (Å²) in [6.45, 7) is 7.55. The number of nitrogens with two attached hydrogens (primary N) is 2. The molecule has 26 heavy (non-hydrogen) atoms. The SMILES string of the molecule is CC(C)(N=NC(C)(C)C(N)=NC1=CCCC=C1)C(N)=NC1=CCCC=C1. The van der Waals surface area contributed by atoms with Crippen molar-refractivity contribution in [2.45, 2.75) is 64.5 Å². The number of hydrogen-bond acceptors (Lipinski definition) is 4. The third-order valence-corrected chi connectivity index (χ3v) is 4.25. The van der Waals surface area contributed by atoms with Crippen molar-refractivity contribution in [2.75, 3.05) is 0 Å². The minimum Gasteiger partial charge on any atom is -0.385 e. The minimum atomic E-state index is -0.728. The average Bonchev–Trinajstić information content (AvgIpc) is 2.62. The van der Waals surface area contributed by atoms with Gasteiger partial charge in [-0.3, -0.25) is 0 Å². The standard InChI is InChI=1S/C20H30N6/c1-19(2,17(21)23-15-11-7-5-8-12-15)25-26-20(3,4)18(22)24-16-13-9-6-10-14-16/h7,9,11-14H,5-6,8,10H2,1-4H3,(H2,21,23)(H2,22,24). The zero-order valence-corrected chi connectivity index (χ0v) is 16.2. The first-order valence-electron chi connectivity index (χ1n) is 9.07. The summed E-state index contributed by atoms with van der Waals surface area (Å²) in [5, 5.41) is 8.85. The zero-order chi connectivity index (χ0) is 19.2. The molecular formula is C20H30N6. The number of rotatable bonds is 6. The van der Waals surface area contributed by atoms with Gasteiger partial charge in [0.1, 0.15) is 22.7 Å². The van der Waals surface area contributed by atoms with E-state index in [4.69, 9.17) is 11.5 Å². The molecule has 0 aromatic heterocycles. The maximum atomic E-state index is 6.18. The maximum absolute atomic E-state index is 6.18. The highest BCUT2D eigenvalue weighted by Gasteiger charge is 2.27. The maximum Gasteiger partial charge on any atom is 0.133 e. The lowest BCUT2D eigenvalue weighted by Gasteiger charge is -2.23. The minimum absolute atomic E-state index is 0.420. The van der Waals surface area contributed by atoms with Crippen LogP contribution in [0.3, 0.4) is 0 Å². The van der Waals surface area contributed by atoms with E-state index >= 15 is 0 Å². The van der Waals surface area contributed by atoms with Gasteiger partial charge in [-0.1, -0.05) is 24.3 Å². The van der Waals surface area contributed by atoms with Crippen LogP contribution in [0.15, 0.2) is 68.1 Å². The van der Waals surface area contributed by atoms with E-state index < -0.39 is 11.1 Å². The predicted molar refractivity (Wildman–Crippen MR) is 109 cm³/mol. The van der Waals surface area contributed by atoms with Crippen LogP contribution in [0.1, 0.15) is 53.4 Å². The molecule has 0 aliphatic heterocycles. The highest BCUT2D eigenvalue weighted by atomic mass is 15.2. The van der Waals surface area contributed by atoms with Crippen molar-refractivity contribution in [1.29, 1.82) is 0 Å². The molecule has 0 aromatic carbocycles. The van der Waals surface area contributed by atoms with Crippen LogP contribution in [-0.4, -0.2) is 22.7 Å². The monoisotopic (exact) mass is 354 g/mol. The van der Waals surface area contributed by atoms with Crippen molar-refractivity contribution in [3.63, 3.8) is 0 Å². The van der Waals surface area contributed by atoms with Gasteiger partial charge in [0.05, 0.1) is 11.4 Å². The summed E-state index contributed by atoms with van der Waals surface area (Å²) in [5.74, 6) is 0.839. The second-order valence-electron chi connectivity index (χ2n) is 7.53. The van der Waals surface area contributed by atoms with Crippen LogP contribution in [0, 0.1) is 0 Å². The quantitative estimate of drug-likeness (QED) is 0.424. The van der Waals surface area contributed by atoms with E-state index in [2.05, 4.69) is 44.5 Å². The summed E-state index contributed by atoms with van der Waals surface area (Å²) >= 11 is 0. The molecule has 6 heteroatoms. The number of hydrogen-bond donors (Lipinski definition) is 2. The number of amidine groups is 2. The lowest BCUT2D eigenvalue weighted by molar-refractivity contribution is 0.559. The Morgan fingerprint density at radius 2 is 1.12 bits per heavy atom. The topological polar surface area (TPSA) is 101 Å². The summed E-state index contributed by atoms with van der Waals surface area (Å²) in [7, 11) is 0. The molecule has 0 unspecified atom stereocenters. The fraction of sp³-hybridized carbons (Fsp3) is 0.500. The highest BCUT2D eigenvalue weighted by Crippen LogP contribution is 2.20. The van der Waals surface area contributed by atoms with Crippen LogP contribution < -0.4 is 11.5 Å². The molecule has 0 amide bonds. The van der Waals surface area contributed by atoms with Crippen LogP contribution in [0.5, 0.6) is 0 Å². The van der Waals surface area contributed by atoms with Gasteiger partial charge < -0.3 is 11.5 Å². The van der Waals surface area contributed by atoms with Gasteiger partial charge in [-0.2, -0.15) is 10.2 Å². The Kier molecular flexibility index (Phi) is 6.29. The molecule has 0 aromatic rings. The van der Waals surface area contributed by atoms with Crippen molar-refractivity contribution in [2.24, 2.45) is 31.7 Å². The smallest absolute Gasteiger partial charge is 0.133 e. The second-order valence-corrected chi connectivity index (χ2v) is 7.53. The van der Waals surface area contributed by atoms with Gasteiger partial charge in [-0.25, -0.2) is 9.98 Å². The average molecular weight is 355 g/mol. The van der Waals surface area contributed by atoms with Gasteiger partial charge in [0, 0.05) is 0 Å². The molecule has 0 saturated heterocycles. The van der Waals surface area contributed by atoms with Crippen LogP contribution in [0.2, 0.25) is 0 Å². The third kappa shape index (κ3) is 5.51. The van der Waals surface area contributed by atoms with Crippen molar-refractivity contribution < 1.29 is 0 Å². The highest BCUT2D eigenvalue weighted by molar-refractivity contribution is 5.91. The molecule has 4 N–H and O–H groups in total. The zero-order valence-electron chi connectivity index (χ0n) is 16.2. The lowest BCUT2D eigenvalue weighted by atomic mass is 10.0. The van der Waals surface area contributed by atoms with Crippen molar-refractivity contribution in [3.05, 3.63) is 47.9 Å². The Bertz CT molecular complexity index is 667. The molecule has 2 aliphatic rings. The van der Waals surface area contributed by atoms with Crippen LogP contribution in [-0.2, 0) is 0 Å². The Balaban J connectivity index is 2.14. The van der Waals surface area contributed by atoms with E-state index in [1.807, 2.05) is 39.8 Å².